The van der Waals surface area contributed by atoms with Crippen LogP contribution >= 0.6 is 11.3 Å². The van der Waals surface area contributed by atoms with Crippen LogP contribution < -0.4 is 5.73 Å². The van der Waals surface area contributed by atoms with E-state index >= 15 is 0 Å². The van der Waals surface area contributed by atoms with Gasteiger partial charge < -0.3 is 10.5 Å². The van der Waals surface area contributed by atoms with Crippen molar-refractivity contribution in [1.82, 2.24) is 4.98 Å². The fourth-order valence-electron chi connectivity index (χ4n) is 2.52. The van der Waals surface area contributed by atoms with Crippen molar-refractivity contribution >= 4 is 23.1 Å². The number of nitrogens with one attached hydrogen (secondary N) is 1. The normalized spacial score (nSPS) is 10.5. The van der Waals surface area contributed by atoms with Gasteiger partial charge in [0, 0.05) is 28.5 Å². The second-order valence-corrected chi connectivity index (χ2v) is 6.66. The molecule has 132 valence electrons. The molecule has 2 aromatic carbocycles. The number of hydrogen-bond donors (Lipinski definition) is 2. The largest absolute Gasteiger partial charge is 0.469 e. The Morgan fingerprint density at radius 1 is 1.12 bits per heavy atom. The smallest absolute Gasteiger partial charge is 0.305 e. The van der Waals surface area contributed by atoms with Gasteiger partial charge in [-0.3, -0.25) is 10.2 Å². The van der Waals surface area contributed by atoms with Crippen molar-refractivity contribution in [2.75, 3.05) is 7.11 Å². The number of nitrogen functional groups attached to an aromatic ring is 1. The Balaban J connectivity index is 1.73. The number of amidine groups is 1. The van der Waals surface area contributed by atoms with Gasteiger partial charge in [-0.1, -0.05) is 48.5 Å². The van der Waals surface area contributed by atoms with E-state index < -0.39 is 0 Å². The van der Waals surface area contributed by atoms with Gasteiger partial charge in [-0.2, -0.15) is 0 Å². The molecule has 0 aliphatic heterocycles. The van der Waals surface area contributed by atoms with E-state index in [1.165, 1.54) is 7.11 Å². The average Bonchev–Trinajstić information content (AvgIpc) is 3.16. The Labute approximate surface area is 156 Å². The Morgan fingerprint density at radius 3 is 2.38 bits per heavy atom. The highest BCUT2D eigenvalue weighted by Gasteiger charge is 2.08. The van der Waals surface area contributed by atoms with E-state index in [9.17, 15) is 4.79 Å². The number of methoxy groups -OCH3 is 1. The molecule has 0 amide bonds. The number of aromatic nitrogens is 1. The molecule has 3 N–H and O–H groups in total. The molecule has 3 rings (SSSR count). The summed E-state index contributed by atoms with van der Waals surface area (Å²) in [5, 5.41) is 10.4. The highest BCUT2D eigenvalue weighted by Crippen LogP contribution is 2.29. The third kappa shape index (κ3) is 4.15. The molecule has 0 unspecified atom stereocenters. The van der Waals surface area contributed by atoms with Gasteiger partial charge in [0.25, 0.3) is 0 Å². The fourth-order valence-corrected chi connectivity index (χ4v) is 3.36. The lowest BCUT2D eigenvalue weighted by Crippen LogP contribution is -2.10. The van der Waals surface area contributed by atoms with Gasteiger partial charge in [-0.05, 0) is 12.0 Å². The molecule has 0 fully saturated rings. The molecular formula is C20H19N3O2S. The van der Waals surface area contributed by atoms with Crippen LogP contribution in [0.1, 0.15) is 17.5 Å². The van der Waals surface area contributed by atoms with Crippen molar-refractivity contribution < 1.29 is 9.53 Å². The van der Waals surface area contributed by atoms with Crippen LogP contribution in [0.15, 0.2) is 53.9 Å². The third-order valence-electron chi connectivity index (χ3n) is 4.04. The van der Waals surface area contributed by atoms with Crippen LogP contribution in [-0.2, 0) is 16.0 Å². The summed E-state index contributed by atoms with van der Waals surface area (Å²) < 4.78 is 4.66. The highest BCUT2D eigenvalue weighted by molar-refractivity contribution is 7.13. The summed E-state index contributed by atoms with van der Waals surface area (Å²) in [4.78, 5) is 15.9. The van der Waals surface area contributed by atoms with E-state index in [1.807, 2.05) is 53.9 Å². The van der Waals surface area contributed by atoms with Gasteiger partial charge in [0.15, 0.2) is 0 Å². The van der Waals surface area contributed by atoms with E-state index in [-0.39, 0.29) is 11.8 Å². The maximum Gasteiger partial charge on any atom is 0.305 e. The number of thiazole rings is 1. The molecule has 26 heavy (non-hydrogen) atoms. The summed E-state index contributed by atoms with van der Waals surface area (Å²) in [5.74, 6) is -0.141. The van der Waals surface area contributed by atoms with E-state index in [1.54, 1.807) is 11.3 Å². The van der Waals surface area contributed by atoms with E-state index in [0.717, 1.165) is 27.4 Å². The summed E-state index contributed by atoms with van der Waals surface area (Å²) in [6, 6.07) is 15.6. The average molecular weight is 365 g/mol. The minimum Gasteiger partial charge on any atom is -0.469 e. The van der Waals surface area contributed by atoms with Crippen molar-refractivity contribution in [3.63, 3.8) is 0 Å². The second kappa shape index (κ2) is 7.93. The molecule has 1 heterocycles. The predicted octanol–water partition coefficient (Wildman–Crippen LogP) is 3.87. The first kappa shape index (κ1) is 17.8. The monoisotopic (exact) mass is 365 g/mol. The zero-order valence-electron chi connectivity index (χ0n) is 14.4. The quantitative estimate of drug-likeness (QED) is 0.394. The van der Waals surface area contributed by atoms with Gasteiger partial charge in [0.05, 0.1) is 12.8 Å². The Hall–Kier alpha value is -2.99. The number of nitrogens with zero attached hydrogens (tertiary/aromatic N) is 1. The predicted molar refractivity (Wildman–Crippen MR) is 104 cm³/mol. The summed E-state index contributed by atoms with van der Waals surface area (Å²) in [5.41, 5.74) is 10.2. The van der Waals surface area contributed by atoms with Gasteiger partial charge in [0.1, 0.15) is 10.8 Å². The molecule has 0 aliphatic carbocycles. The van der Waals surface area contributed by atoms with Crippen LogP contribution in [0.4, 0.5) is 0 Å². The van der Waals surface area contributed by atoms with Crippen LogP contribution in [0, 0.1) is 5.41 Å². The first-order valence-corrected chi connectivity index (χ1v) is 9.01. The van der Waals surface area contributed by atoms with E-state index in [4.69, 9.17) is 16.1 Å². The Bertz CT molecular complexity index is 915. The topological polar surface area (TPSA) is 89.1 Å². The fraction of sp³-hybridized carbons (Fsp3) is 0.150. The standard InChI is InChI=1S/C20H19N3O2S/c1-25-18(24)11-4-13-2-5-16(6-3-13)20-23-17(12-26-20)14-7-9-15(10-8-14)19(21)22/h2-3,5-10,12H,4,11H2,1H3,(H3,21,22). The molecule has 0 bridgehead atoms. The van der Waals surface area contributed by atoms with Crippen LogP contribution in [0.2, 0.25) is 0 Å². The second-order valence-electron chi connectivity index (χ2n) is 5.80. The molecule has 0 atom stereocenters. The zero-order chi connectivity index (χ0) is 18.5. The van der Waals surface area contributed by atoms with Crippen LogP contribution in [0.25, 0.3) is 21.8 Å². The van der Waals surface area contributed by atoms with Gasteiger partial charge in [-0.15, -0.1) is 11.3 Å². The lowest BCUT2D eigenvalue weighted by Gasteiger charge is -2.02. The van der Waals surface area contributed by atoms with Gasteiger partial charge in [-0.25, -0.2) is 4.98 Å². The molecule has 1 aromatic heterocycles. The van der Waals surface area contributed by atoms with E-state index in [0.29, 0.717) is 18.4 Å². The maximum absolute atomic E-state index is 11.2. The number of benzene rings is 2. The van der Waals surface area contributed by atoms with Crippen LogP contribution in [-0.4, -0.2) is 23.9 Å². The highest BCUT2D eigenvalue weighted by atomic mass is 32.1. The number of ether oxygens (including phenoxy) is 1. The molecule has 5 nitrogen and oxygen atoms in total. The molecular weight excluding hydrogens is 346 g/mol. The minimum atomic E-state index is -0.200. The molecule has 0 saturated heterocycles. The zero-order valence-corrected chi connectivity index (χ0v) is 15.2. The van der Waals surface area contributed by atoms with Crippen molar-refractivity contribution in [3.8, 4) is 21.8 Å². The molecule has 6 heteroatoms. The lowest BCUT2D eigenvalue weighted by atomic mass is 10.1. The number of rotatable bonds is 6. The maximum atomic E-state index is 11.2. The third-order valence-corrected chi connectivity index (χ3v) is 4.93. The van der Waals surface area contributed by atoms with E-state index in [2.05, 4.69) is 4.74 Å². The lowest BCUT2D eigenvalue weighted by molar-refractivity contribution is -0.140. The molecule has 0 saturated carbocycles. The number of esters is 1. The number of carbonyl (C=O) groups is 1. The Kier molecular flexibility index (Phi) is 5.43. The minimum absolute atomic E-state index is 0.0582. The summed E-state index contributed by atoms with van der Waals surface area (Å²) in [6.45, 7) is 0. The van der Waals surface area contributed by atoms with Crippen molar-refractivity contribution in [3.05, 3.63) is 65.0 Å². The summed E-state index contributed by atoms with van der Waals surface area (Å²) in [7, 11) is 1.40. The van der Waals surface area contributed by atoms with Crippen molar-refractivity contribution in [2.24, 2.45) is 5.73 Å². The molecule has 3 aromatic rings. The van der Waals surface area contributed by atoms with Crippen LogP contribution in [0.3, 0.4) is 0 Å². The van der Waals surface area contributed by atoms with Gasteiger partial charge in [0.2, 0.25) is 0 Å². The van der Waals surface area contributed by atoms with Crippen molar-refractivity contribution in [1.29, 1.82) is 5.41 Å². The first-order chi connectivity index (χ1) is 12.6. The Morgan fingerprint density at radius 2 is 1.77 bits per heavy atom. The number of hydrogen-bond acceptors (Lipinski definition) is 5. The molecule has 0 spiro atoms. The SMILES string of the molecule is COC(=O)CCc1ccc(-c2nc(-c3ccc(C(=N)N)cc3)cs2)cc1. The number of aryl methyl sites for hydroxylation is 1. The first-order valence-electron chi connectivity index (χ1n) is 8.13. The summed E-state index contributed by atoms with van der Waals surface area (Å²) in [6.07, 6.45) is 1.05. The van der Waals surface area contributed by atoms with Crippen molar-refractivity contribution in [2.45, 2.75) is 12.8 Å². The summed E-state index contributed by atoms with van der Waals surface area (Å²) >= 11 is 1.58. The molecule has 0 radical (unpaired) electrons. The number of nitrogens with two attached hydrogens (primary N) is 1. The molecule has 0 aliphatic rings. The van der Waals surface area contributed by atoms with Gasteiger partial charge >= 0.3 is 5.97 Å². The van der Waals surface area contributed by atoms with Crippen LogP contribution in [0.5, 0.6) is 0 Å². The number of carbonyl (C=O) groups excluding carboxylic acids is 1.